The smallest absolute Gasteiger partial charge is 0.0633 e. The summed E-state index contributed by atoms with van der Waals surface area (Å²) < 4.78 is 0. The van der Waals surface area contributed by atoms with Gasteiger partial charge in [0.2, 0.25) is 0 Å². The van der Waals surface area contributed by atoms with E-state index in [1.165, 1.54) is 12.8 Å². The first kappa shape index (κ1) is 6.38. The molecule has 10 heavy (non-hydrogen) atoms. The van der Waals surface area contributed by atoms with Crippen molar-refractivity contribution < 1.29 is 0 Å². The van der Waals surface area contributed by atoms with Gasteiger partial charge in [-0.2, -0.15) is 0 Å². The second-order valence-electron chi connectivity index (χ2n) is 4.42. The molecule has 0 radical (unpaired) electrons. The number of nitrogens with zero attached hydrogens (tertiary/aromatic N) is 1. The van der Waals surface area contributed by atoms with E-state index in [9.17, 15) is 0 Å². The Morgan fingerprint density at radius 2 is 2.10 bits per heavy atom. The van der Waals surface area contributed by atoms with Crippen molar-refractivity contribution in [2.24, 2.45) is 16.3 Å². The Morgan fingerprint density at radius 1 is 1.40 bits per heavy atom. The van der Waals surface area contributed by atoms with Crippen molar-refractivity contribution in [2.75, 3.05) is 0 Å². The molecule has 1 aliphatic carbocycles. The van der Waals surface area contributed by atoms with Crippen molar-refractivity contribution in [1.82, 2.24) is 0 Å². The topological polar surface area (TPSA) is 12.4 Å². The van der Waals surface area contributed by atoms with Gasteiger partial charge in [0.25, 0.3) is 0 Å². The van der Waals surface area contributed by atoms with E-state index in [1.807, 2.05) is 0 Å². The van der Waals surface area contributed by atoms with E-state index in [0.717, 1.165) is 5.92 Å². The molecule has 1 nitrogen and oxygen atoms in total. The molecule has 0 N–H and O–H groups in total. The highest BCUT2D eigenvalue weighted by atomic mass is 15.0. The van der Waals surface area contributed by atoms with Crippen LogP contribution in [0.5, 0.6) is 0 Å². The minimum Gasteiger partial charge on any atom is -0.290 e. The first-order chi connectivity index (χ1) is 4.56. The third-order valence-electron chi connectivity index (χ3n) is 3.80. The van der Waals surface area contributed by atoms with Crippen molar-refractivity contribution in [1.29, 1.82) is 0 Å². The van der Waals surface area contributed by atoms with Crippen molar-refractivity contribution in [3.63, 3.8) is 0 Å². The van der Waals surface area contributed by atoms with Crippen molar-refractivity contribution in [3.05, 3.63) is 0 Å². The number of aliphatic imine (C=N–C) groups is 1. The summed E-state index contributed by atoms with van der Waals surface area (Å²) in [4.78, 5) is 4.56. The maximum Gasteiger partial charge on any atom is 0.0633 e. The van der Waals surface area contributed by atoms with Crippen LogP contribution in [-0.4, -0.2) is 11.8 Å². The summed E-state index contributed by atoms with van der Waals surface area (Å²) in [7, 11) is 0. The van der Waals surface area contributed by atoms with Crippen LogP contribution in [0.2, 0.25) is 0 Å². The minimum absolute atomic E-state index is 0.275. The second kappa shape index (κ2) is 1.46. The Kier molecular flexibility index (Phi) is 0.934. The lowest BCUT2D eigenvalue weighted by Crippen LogP contribution is -2.33. The summed E-state index contributed by atoms with van der Waals surface area (Å²) in [6.07, 6.45) is 4.82. The van der Waals surface area contributed by atoms with Gasteiger partial charge in [-0.25, -0.2) is 0 Å². The average molecular weight is 137 g/mol. The lowest BCUT2D eigenvalue weighted by atomic mass is 9.75. The summed E-state index contributed by atoms with van der Waals surface area (Å²) in [6, 6.07) is 0. The van der Waals surface area contributed by atoms with Gasteiger partial charge in [-0.1, -0.05) is 13.8 Å². The highest BCUT2D eigenvalue weighted by Gasteiger charge is 2.54. The van der Waals surface area contributed by atoms with E-state index in [2.05, 4.69) is 32.0 Å². The Labute approximate surface area is 62.5 Å². The van der Waals surface area contributed by atoms with Crippen LogP contribution >= 0.6 is 0 Å². The summed E-state index contributed by atoms with van der Waals surface area (Å²) in [5, 5.41) is 0. The van der Waals surface area contributed by atoms with Crippen LogP contribution in [0.15, 0.2) is 4.99 Å². The Bertz CT molecular complexity index is 193. The van der Waals surface area contributed by atoms with Gasteiger partial charge < -0.3 is 0 Å². The van der Waals surface area contributed by atoms with Crippen LogP contribution in [-0.2, 0) is 0 Å². The molecule has 2 atom stereocenters. The summed E-state index contributed by atoms with van der Waals surface area (Å²) in [5.74, 6) is 0.762. The fraction of sp³-hybridized carbons (Fsp3) is 0.889. The lowest BCUT2D eigenvalue weighted by molar-refractivity contribution is 0.229. The van der Waals surface area contributed by atoms with Gasteiger partial charge in [0.15, 0.2) is 0 Å². The molecule has 2 bridgehead atoms. The molecule has 2 unspecified atom stereocenters. The van der Waals surface area contributed by atoms with Gasteiger partial charge >= 0.3 is 0 Å². The Hall–Kier alpha value is -0.330. The van der Waals surface area contributed by atoms with Gasteiger partial charge in [0.05, 0.1) is 5.54 Å². The highest BCUT2D eigenvalue weighted by Crippen LogP contribution is 2.55. The molecular weight excluding hydrogens is 122 g/mol. The standard InChI is InChI=1S/C9H15N/c1-8(2)7-4-5-9(8,3)10-6-7/h6-7H,4-5H2,1-3H3. The number of rotatable bonds is 0. The predicted octanol–water partition coefficient (Wildman–Crippen LogP) is 2.27. The number of hydrogen-bond acceptors (Lipinski definition) is 1. The van der Waals surface area contributed by atoms with Crippen LogP contribution in [0, 0.1) is 11.3 Å². The maximum atomic E-state index is 4.56. The molecule has 0 spiro atoms. The highest BCUT2D eigenvalue weighted by molar-refractivity contribution is 5.68. The molecule has 1 saturated carbocycles. The van der Waals surface area contributed by atoms with E-state index in [-0.39, 0.29) is 5.54 Å². The fourth-order valence-electron chi connectivity index (χ4n) is 2.27. The van der Waals surface area contributed by atoms with E-state index < -0.39 is 0 Å². The molecule has 2 aliphatic rings. The van der Waals surface area contributed by atoms with E-state index in [4.69, 9.17) is 0 Å². The van der Waals surface area contributed by atoms with Gasteiger partial charge in [0, 0.05) is 12.1 Å². The van der Waals surface area contributed by atoms with Gasteiger partial charge in [-0.15, -0.1) is 0 Å². The molecule has 2 rings (SSSR count). The molecule has 1 fully saturated rings. The van der Waals surface area contributed by atoms with Crippen LogP contribution in [0.25, 0.3) is 0 Å². The van der Waals surface area contributed by atoms with E-state index in [1.54, 1.807) is 0 Å². The molecule has 0 saturated heterocycles. The zero-order valence-electron chi connectivity index (χ0n) is 7.02. The molecule has 1 heteroatoms. The molecule has 0 aromatic carbocycles. The fourth-order valence-corrected chi connectivity index (χ4v) is 2.27. The molecule has 56 valence electrons. The molecule has 1 aliphatic heterocycles. The zero-order chi connectivity index (χ0) is 7.41. The molecule has 0 amide bonds. The maximum absolute atomic E-state index is 4.56. The summed E-state index contributed by atoms with van der Waals surface area (Å²) in [6.45, 7) is 6.98. The lowest BCUT2D eigenvalue weighted by Gasteiger charge is -2.31. The third-order valence-corrected chi connectivity index (χ3v) is 3.80. The predicted molar refractivity (Wildman–Crippen MR) is 43.4 cm³/mol. The van der Waals surface area contributed by atoms with Crippen molar-refractivity contribution in [2.45, 2.75) is 39.2 Å². The largest absolute Gasteiger partial charge is 0.290 e. The quantitative estimate of drug-likeness (QED) is 0.485. The van der Waals surface area contributed by atoms with Crippen LogP contribution in [0.3, 0.4) is 0 Å². The molecule has 1 heterocycles. The second-order valence-corrected chi connectivity index (χ2v) is 4.42. The Morgan fingerprint density at radius 3 is 2.20 bits per heavy atom. The molecule has 0 aromatic heterocycles. The number of fused-ring (bicyclic) bond motifs is 2. The average Bonchev–Trinajstić information content (AvgIpc) is 2.18. The number of hydrogen-bond donors (Lipinski definition) is 0. The first-order valence-electron chi connectivity index (χ1n) is 4.12. The first-order valence-corrected chi connectivity index (χ1v) is 4.12. The molecule has 0 aromatic rings. The Balaban J connectivity index is 2.45. The van der Waals surface area contributed by atoms with Crippen LogP contribution in [0.1, 0.15) is 33.6 Å². The van der Waals surface area contributed by atoms with E-state index in [0.29, 0.717) is 5.41 Å². The summed E-state index contributed by atoms with van der Waals surface area (Å²) >= 11 is 0. The van der Waals surface area contributed by atoms with Crippen molar-refractivity contribution in [3.8, 4) is 0 Å². The summed E-state index contributed by atoms with van der Waals surface area (Å²) in [5.41, 5.74) is 0.713. The molecular formula is C9H15N. The SMILES string of the molecule is CC12CCC(C=N1)C2(C)C. The minimum atomic E-state index is 0.275. The van der Waals surface area contributed by atoms with Gasteiger partial charge in [0.1, 0.15) is 0 Å². The van der Waals surface area contributed by atoms with Gasteiger partial charge in [-0.05, 0) is 25.2 Å². The van der Waals surface area contributed by atoms with E-state index >= 15 is 0 Å². The zero-order valence-corrected chi connectivity index (χ0v) is 7.02. The third kappa shape index (κ3) is 0.480. The van der Waals surface area contributed by atoms with Crippen LogP contribution < -0.4 is 0 Å². The normalized spacial score (nSPS) is 48.5. The monoisotopic (exact) mass is 137 g/mol. The van der Waals surface area contributed by atoms with Crippen LogP contribution in [0.4, 0.5) is 0 Å². The van der Waals surface area contributed by atoms with Crippen molar-refractivity contribution >= 4 is 6.21 Å². The van der Waals surface area contributed by atoms with Gasteiger partial charge in [-0.3, -0.25) is 4.99 Å².